The van der Waals surface area contributed by atoms with E-state index in [4.69, 9.17) is 5.11 Å². The van der Waals surface area contributed by atoms with E-state index in [1.807, 2.05) is 12.3 Å². The monoisotopic (exact) mass is 243 g/mol. The van der Waals surface area contributed by atoms with Crippen LogP contribution in [0.25, 0.3) is 0 Å². The number of aliphatic carboxylic acids is 1. The molecule has 0 bridgehead atoms. The van der Waals surface area contributed by atoms with Gasteiger partial charge in [0.15, 0.2) is 5.41 Å². The van der Waals surface area contributed by atoms with E-state index in [2.05, 4.69) is 9.72 Å². The van der Waals surface area contributed by atoms with E-state index in [0.29, 0.717) is 5.01 Å². The maximum absolute atomic E-state index is 11.5. The van der Waals surface area contributed by atoms with Crippen LogP contribution >= 0.6 is 11.3 Å². The van der Waals surface area contributed by atoms with Crippen molar-refractivity contribution in [1.82, 2.24) is 4.98 Å². The van der Waals surface area contributed by atoms with Crippen LogP contribution in [0.15, 0.2) is 5.38 Å². The fraction of sp³-hybridized carbons (Fsp3) is 0.500. The Hall–Kier alpha value is -1.43. The molecule has 0 spiro atoms. The number of aryl methyl sites for hydroxylation is 1. The van der Waals surface area contributed by atoms with Crippen LogP contribution in [0.1, 0.15) is 17.6 Å². The minimum Gasteiger partial charge on any atom is -0.480 e. The van der Waals surface area contributed by atoms with Gasteiger partial charge in [-0.1, -0.05) is 0 Å². The highest BCUT2D eigenvalue weighted by Crippen LogP contribution is 2.26. The standard InChI is InChI=1S/C10H13NO4S/c1-6-5-16-7(11-6)4-10(2,8(12)13)9(14)15-3/h5H,4H2,1-3H3,(H,12,13). The van der Waals surface area contributed by atoms with Gasteiger partial charge in [0.1, 0.15) is 0 Å². The van der Waals surface area contributed by atoms with Crippen molar-refractivity contribution in [3.05, 3.63) is 16.1 Å². The summed E-state index contributed by atoms with van der Waals surface area (Å²) in [6.07, 6.45) is 0.0491. The van der Waals surface area contributed by atoms with Gasteiger partial charge in [0.2, 0.25) is 0 Å². The number of rotatable bonds is 4. The van der Waals surface area contributed by atoms with Crippen LogP contribution in [0.2, 0.25) is 0 Å². The molecule has 0 aromatic carbocycles. The maximum atomic E-state index is 11.5. The van der Waals surface area contributed by atoms with Gasteiger partial charge in [-0.05, 0) is 13.8 Å². The first kappa shape index (κ1) is 12.6. The Labute approximate surface area is 97.1 Å². The Morgan fingerprint density at radius 1 is 1.62 bits per heavy atom. The number of hydrogen-bond acceptors (Lipinski definition) is 5. The number of thiazole rings is 1. The Morgan fingerprint density at radius 2 is 2.25 bits per heavy atom. The zero-order chi connectivity index (χ0) is 12.3. The summed E-state index contributed by atoms with van der Waals surface area (Å²) in [5, 5.41) is 11.5. The summed E-state index contributed by atoms with van der Waals surface area (Å²) in [7, 11) is 1.18. The highest BCUT2D eigenvalue weighted by molar-refractivity contribution is 7.09. The molecule has 1 rings (SSSR count). The highest BCUT2D eigenvalue weighted by atomic mass is 32.1. The molecule has 5 nitrogen and oxygen atoms in total. The lowest BCUT2D eigenvalue weighted by Crippen LogP contribution is -2.39. The summed E-state index contributed by atoms with van der Waals surface area (Å²) in [5.41, 5.74) is -0.753. The van der Waals surface area contributed by atoms with Gasteiger partial charge in [0.25, 0.3) is 0 Å². The molecule has 1 unspecified atom stereocenters. The van der Waals surface area contributed by atoms with E-state index in [1.54, 1.807) is 0 Å². The largest absolute Gasteiger partial charge is 0.480 e. The molecule has 1 aromatic heterocycles. The number of carbonyl (C=O) groups is 2. The third-order valence-electron chi connectivity index (χ3n) is 2.28. The lowest BCUT2D eigenvalue weighted by atomic mass is 9.87. The van der Waals surface area contributed by atoms with Crippen molar-refractivity contribution >= 4 is 23.3 Å². The molecular weight excluding hydrogens is 230 g/mol. The molecule has 0 fully saturated rings. The van der Waals surface area contributed by atoms with Crippen molar-refractivity contribution < 1.29 is 19.4 Å². The summed E-state index contributed by atoms with van der Waals surface area (Å²) in [6, 6.07) is 0. The van der Waals surface area contributed by atoms with Crippen LogP contribution in [-0.4, -0.2) is 29.1 Å². The van der Waals surface area contributed by atoms with E-state index in [1.165, 1.54) is 25.4 Å². The Bertz CT molecular complexity index is 415. The van der Waals surface area contributed by atoms with Crippen molar-refractivity contribution in [2.45, 2.75) is 20.3 Å². The highest BCUT2D eigenvalue weighted by Gasteiger charge is 2.43. The zero-order valence-electron chi connectivity index (χ0n) is 9.31. The van der Waals surface area contributed by atoms with Crippen molar-refractivity contribution in [3.63, 3.8) is 0 Å². The molecule has 0 saturated heterocycles. The summed E-state index contributed by atoms with van der Waals surface area (Å²) < 4.78 is 4.51. The van der Waals surface area contributed by atoms with Crippen LogP contribution in [0.5, 0.6) is 0 Å². The Kier molecular flexibility index (Phi) is 3.64. The average Bonchev–Trinajstić information content (AvgIpc) is 2.62. The van der Waals surface area contributed by atoms with Gasteiger partial charge in [-0.15, -0.1) is 11.3 Å². The molecule has 0 saturated carbocycles. The van der Waals surface area contributed by atoms with Crippen LogP contribution < -0.4 is 0 Å². The van der Waals surface area contributed by atoms with Crippen LogP contribution in [0.4, 0.5) is 0 Å². The molecule has 88 valence electrons. The van der Waals surface area contributed by atoms with Gasteiger partial charge in [-0.2, -0.15) is 0 Å². The molecule has 1 atom stereocenters. The number of carboxylic acids is 1. The quantitative estimate of drug-likeness (QED) is 0.636. The maximum Gasteiger partial charge on any atom is 0.323 e. The normalized spacial score (nSPS) is 14.2. The van der Waals surface area contributed by atoms with E-state index < -0.39 is 17.4 Å². The number of nitrogens with zero attached hydrogens (tertiary/aromatic N) is 1. The van der Waals surface area contributed by atoms with Gasteiger partial charge < -0.3 is 9.84 Å². The van der Waals surface area contributed by atoms with E-state index in [-0.39, 0.29) is 6.42 Å². The first-order chi connectivity index (χ1) is 7.40. The second kappa shape index (κ2) is 4.61. The van der Waals surface area contributed by atoms with E-state index in [0.717, 1.165) is 5.69 Å². The number of carbonyl (C=O) groups excluding carboxylic acids is 1. The molecule has 16 heavy (non-hydrogen) atoms. The molecule has 0 aliphatic rings. The molecule has 0 aliphatic heterocycles. The minimum absolute atomic E-state index is 0.0491. The number of esters is 1. The predicted octanol–water partition coefficient (Wildman–Crippen LogP) is 1.26. The molecule has 1 N–H and O–H groups in total. The summed E-state index contributed by atoms with van der Waals surface area (Å²) in [4.78, 5) is 26.7. The van der Waals surface area contributed by atoms with Crippen LogP contribution in [0, 0.1) is 12.3 Å². The number of carboxylic acid groups (broad SMARTS) is 1. The number of ether oxygens (including phenoxy) is 1. The number of methoxy groups -OCH3 is 1. The minimum atomic E-state index is -1.57. The molecular formula is C10H13NO4S. The molecule has 0 radical (unpaired) electrons. The van der Waals surface area contributed by atoms with Crippen molar-refractivity contribution in [3.8, 4) is 0 Å². The predicted molar refractivity (Wildman–Crippen MR) is 58.3 cm³/mol. The molecule has 6 heteroatoms. The van der Waals surface area contributed by atoms with Gasteiger partial charge >= 0.3 is 11.9 Å². The molecule has 0 aliphatic carbocycles. The third kappa shape index (κ3) is 2.38. The van der Waals surface area contributed by atoms with E-state index in [9.17, 15) is 9.59 Å². The van der Waals surface area contributed by atoms with Crippen molar-refractivity contribution in [2.24, 2.45) is 5.41 Å². The Balaban J connectivity index is 2.96. The van der Waals surface area contributed by atoms with Gasteiger partial charge in [0.05, 0.1) is 12.1 Å². The molecule has 0 amide bonds. The fourth-order valence-electron chi connectivity index (χ4n) is 1.25. The molecule has 1 heterocycles. The van der Waals surface area contributed by atoms with Gasteiger partial charge in [-0.3, -0.25) is 9.59 Å². The van der Waals surface area contributed by atoms with E-state index >= 15 is 0 Å². The average molecular weight is 243 g/mol. The molecule has 1 aromatic rings. The summed E-state index contributed by atoms with van der Waals surface area (Å²) in [5.74, 6) is -1.96. The lowest BCUT2D eigenvalue weighted by Gasteiger charge is -2.20. The topological polar surface area (TPSA) is 76.5 Å². The summed E-state index contributed by atoms with van der Waals surface area (Å²) >= 11 is 1.34. The lowest BCUT2D eigenvalue weighted by molar-refractivity contribution is -0.165. The smallest absolute Gasteiger partial charge is 0.323 e. The SMILES string of the molecule is COC(=O)C(C)(Cc1nc(C)cs1)C(=O)O. The first-order valence-corrected chi connectivity index (χ1v) is 5.51. The van der Waals surface area contributed by atoms with Crippen molar-refractivity contribution in [2.75, 3.05) is 7.11 Å². The van der Waals surface area contributed by atoms with Crippen molar-refractivity contribution in [1.29, 1.82) is 0 Å². The van der Waals surface area contributed by atoms with Gasteiger partial charge in [-0.25, -0.2) is 4.98 Å². The zero-order valence-corrected chi connectivity index (χ0v) is 10.1. The second-order valence-corrected chi connectivity index (χ2v) is 4.63. The number of aromatic nitrogens is 1. The van der Waals surface area contributed by atoms with Crippen LogP contribution in [0.3, 0.4) is 0 Å². The second-order valence-electron chi connectivity index (χ2n) is 3.69. The first-order valence-electron chi connectivity index (χ1n) is 4.63. The summed E-state index contributed by atoms with van der Waals surface area (Å²) in [6.45, 7) is 3.16. The Morgan fingerprint density at radius 3 is 2.62 bits per heavy atom. The number of hydrogen-bond donors (Lipinski definition) is 1. The fourth-order valence-corrected chi connectivity index (χ4v) is 2.17. The third-order valence-corrected chi connectivity index (χ3v) is 3.25. The van der Waals surface area contributed by atoms with Crippen LogP contribution in [-0.2, 0) is 20.7 Å². The van der Waals surface area contributed by atoms with Gasteiger partial charge in [0, 0.05) is 17.5 Å².